The number of allylic oxidation sites excluding steroid dienone is 4. The van der Waals surface area contributed by atoms with Crippen LogP contribution in [0.1, 0.15) is 35.4 Å². The highest BCUT2D eigenvalue weighted by Crippen LogP contribution is 2.64. The lowest BCUT2D eigenvalue weighted by molar-refractivity contribution is -0.274. The third kappa shape index (κ3) is 5.96. The highest BCUT2D eigenvalue weighted by atomic mass is 19.4. The molecule has 290 valence electrons. The van der Waals surface area contributed by atoms with Crippen LogP contribution in [0.25, 0.3) is 5.57 Å². The fourth-order valence-corrected chi connectivity index (χ4v) is 10.1. The van der Waals surface area contributed by atoms with Crippen LogP contribution in [0, 0.1) is 23.7 Å². The molecule has 9 nitrogen and oxygen atoms in total. The summed E-state index contributed by atoms with van der Waals surface area (Å²) in [5.41, 5.74) is 1.13. The van der Waals surface area contributed by atoms with Crippen LogP contribution in [-0.2, 0) is 29.3 Å². The average molecular weight is 775 g/mol. The fourth-order valence-electron chi connectivity index (χ4n) is 10.1. The fraction of sp³-hybridized carbons (Fsp3) is 0.289. The van der Waals surface area contributed by atoms with Gasteiger partial charge in [-0.1, -0.05) is 72.3 Å². The minimum Gasteiger partial charge on any atom is -0.508 e. The number of amides is 2. The van der Waals surface area contributed by atoms with Gasteiger partial charge >= 0.3 is 6.36 Å². The minimum atomic E-state index is -5.06. The van der Waals surface area contributed by atoms with E-state index >= 15 is 9.59 Å². The number of morpholine rings is 1. The zero-order valence-corrected chi connectivity index (χ0v) is 30.5. The summed E-state index contributed by atoms with van der Waals surface area (Å²) in [6.07, 6.45) is -1.87. The molecule has 0 spiro atoms. The van der Waals surface area contributed by atoms with E-state index in [-0.39, 0.29) is 29.8 Å². The van der Waals surface area contributed by atoms with Gasteiger partial charge in [-0.3, -0.25) is 24.1 Å². The monoisotopic (exact) mass is 774 g/mol. The lowest BCUT2D eigenvalue weighted by Gasteiger charge is -2.55. The largest absolute Gasteiger partial charge is 0.573 e. The molecule has 2 amide bonds. The van der Waals surface area contributed by atoms with Gasteiger partial charge in [0.15, 0.2) is 11.6 Å². The molecule has 0 bridgehead atoms. The van der Waals surface area contributed by atoms with Crippen molar-refractivity contribution in [2.24, 2.45) is 23.7 Å². The highest BCUT2D eigenvalue weighted by Gasteiger charge is 2.66. The summed E-state index contributed by atoms with van der Waals surface area (Å²) < 4.78 is 50.7. The second-order valence-electron chi connectivity index (χ2n) is 15.2. The Morgan fingerprint density at radius 3 is 2.14 bits per heavy atom. The van der Waals surface area contributed by atoms with E-state index in [1.165, 1.54) is 11.0 Å². The van der Waals surface area contributed by atoms with Crippen molar-refractivity contribution in [1.82, 2.24) is 0 Å². The molecule has 0 unspecified atom stereocenters. The number of nitrogens with zero attached hydrogens (tertiary/aromatic N) is 2. The topological polar surface area (TPSA) is 113 Å². The zero-order chi connectivity index (χ0) is 39.6. The first kappa shape index (κ1) is 36.6. The normalized spacial score (nSPS) is 27.3. The molecule has 1 N–H and O–H groups in total. The molecule has 9 rings (SSSR count). The van der Waals surface area contributed by atoms with Gasteiger partial charge in [0.05, 0.1) is 36.2 Å². The number of carbonyl (C=O) groups excluding carboxylic acids is 4. The molecule has 1 saturated carbocycles. The Morgan fingerprint density at radius 2 is 1.46 bits per heavy atom. The molecule has 0 radical (unpaired) electrons. The van der Waals surface area contributed by atoms with Crippen molar-refractivity contribution in [1.29, 1.82) is 0 Å². The quantitative estimate of drug-likeness (QED) is 0.162. The van der Waals surface area contributed by atoms with E-state index in [1.807, 2.05) is 12.1 Å². The number of imide groups is 1. The maximum absolute atomic E-state index is 15.2. The summed E-state index contributed by atoms with van der Waals surface area (Å²) in [7, 11) is 0. The maximum Gasteiger partial charge on any atom is 0.573 e. The maximum atomic E-state index is 15.2. The van der Waals surface area contributed by atoms with Gasteiger partial charge in [-0.05, 0) is 78.4 Å². The predicted octanol–water partition coefficient (Wildman–Crippen LogP) is 7.16. The Balaban J connectivity index is 1.21. The number of carbonyl (C=O) groups is 4. The number of phenols is 1. The standard InChI is InChI=1S/C45H37F3N2O7/c46-45(47,48)57-30-15-18-37(51)35(23-30)40-31-16-17-32-39(43(55)50(42(32)54)29-13-11-28(12-14-29)49-19-21-56-22-20-49)34(31)24-36-41(53)33(26-7-3-1-4-8-26)25-38(52)44(36,40)27-9-5-2-6-10-27/h1-16,18,23,25,32,34,36,39-40,51H,17,19-22,24H2/t32-,34+,36-,39-,40+,44-/m0/s1. The van der Waals surface area contributed by atoms with Crippen LogP contribution >= 0.6 is 0 Å². The molecule has 6 atom stereocenters. The average Bonchev–Trinajstić information content (AvgIpc) is 3.48. The minimum absolute atomic E-state index is 0.00449. The number of ether oxygens (including phenoxy) is 2. The SMILES string of the molecule is O=C1C(c2ccccc2)=CC(=O)[C@@]2(c3ccccc3)[C@@H](c3cc(OC(F)(F)F)ccc3O)C3=CC[C@@H]4C(=O)N(c5ccc(N6CCOCC6)cc5)C(=O)[C@@H]4[C@@H]3C[C@@H]12. The van der Waals surface area contributed by atoms with Gasteiger partial charge in [-0.2, -0.15) is 0 Å². The summed E-state index contributed by atoms with van der Waals surface area (Å²) in [5, 5.41) is 11.6. The summed E-state index contributed by atoms with van der Waals surface area (Å²) in [4.78, 5) is 62.7. The van der Waals surface area contributed by atoms with Crippen molar-refractivity contribution < 1.29 is 46.9 Å². The van der Waals surface area contributed by atoms with E-state index in [0.717, 1.165) is 23.9 Å². The second-order valence-corrected chi connectivity index (χ2v) is 15.2. The van der Waals surface area contributed by atoms with E-state index in [0.29, 0.717) is 48.7 Å². The molecular weight excluding hydrogens is 737 g/mol. The first-order valence-electron chi connectivity index (χ1n) is 19.0. The lowest BCUT2D eigenvalue weighted by Crippen LogP contribution is -2.58. The highest BCUT2D eigenvalue weighted by molar-refractivity contribution is 6.32. The number of phenolic OH excluding ortho intramolecular Hbond substituents is 1. The van der Waals surface area contributed by atoms with Crippen LogP contribution in [0.4, 0.5) is 24.5 Å². The lowest BCUT2D eigenvalue weighted by atomic mass is 9.44. The molecule has 2 heterocycles. The van der Waals surface area contributed by atoms with Gasteiger partial charge in [0.25, 0.3) is 0 Å². The van der Waals surface area contributed by atoms with Crippen molar-refractivity contribution in [3.8, 4) is 11.5 Å². The molecule has 3 fully saturated rings. The molecule has 5 aliphatic rings. The van der Waals surface area contributed by atoms with Crippen LogP contribution in [0.5, 0.6) is 11.5 Å². The molecule has 4 aromatic carbocycles. The number of halogens is 3. The number of aromatic hydroxyl groups is 1. The Kier molecular flexibility index (Phi) is 8.91. The molecule has 12 heteroatoms. The van der Waals surface area contributed by atoms with E-state index < -0.39 is 70.5 Å². The molecule has 3 aliphatic carbocycles. The second kappa shape index (κ2) is 13.9. The third-order valence-corrected chi connectivity index (χ3v) is 12.4. The van der Waals surface area contributed by atoms with Gasteiger partial charge in [-0.25, -0.2) is 0 Å². The van der Waals surface area contributed by atoms with Gasteiger partial charge in [0.1, 0.15) is 11.5 Å². The van der Waals surface area contributed by atoms with Gasteiger partial charge in [0, 0.05) is 41.7 Å². The van der Waals surface area contributed by atoms with Crippen LogP contribution in [-0.4, -0.2) is 61.2 Å². The Morgan fingerprint density at radius 1 is 0.789 bits per heavy atom. The number of rotatable bonds is 6. The van der Waals surface area contributed by atoms with E-state index in [2.05, 4.69) is 9.64 Å². The van der Waals surface area contributed by atoms with Crippen molar-refractivity contribution in [2.75, 3.05) is 36.1 Å². The van der Waals surface area contributed by atoms with Crippen LogP contribution in [0.2, 0.25) is 0 Å². The summed E-state index contributed by atoms with van der Waals surface area (Å²) >= 11 is 0. The number of hydrogen-bond donors (Lipinski definition) is 1. The number of Topliss-reactive ketones (excluding diaryl/α,β-unsaturated/α-hetero) is 1. The number of ketones is 2. The Bertz CT molecular complexity index is 2340. The molecular formula is C45H37F3N2O7. The van der Waals surface area contributed by atoms with Crippen LogP contribution in [0.3, 0.4) is 0 Å². The summed E-state index contributed by atoms with van der Waals surface area (Å²) in [6, 6.07) is 27.6. The first-order chi connectivity index (χ1) is 27.5. The van der Waals surface area contributed by atoms with E-state index in [1.54, 1.807) is 78.9 Å². The summed E-state index contributed by atoms with van der Waals surface area (Å²) in [6.45, 7) is 2.59. The molecule has 0 aromatic heterocycles. The molecule has 2 aliphatic heterocycles. The van der Waals surface area contributed by atoms with Crippen molar-refractivity contribution in [3.63, 3.8) is 0 Å². The number of anilines is 2. The van der Waals surface area contributed by atoms with E-state index in [9.17, 15) is 27.9 Å². The smallest absolute Gasteiger partial charge is 0.508 e. The van der Waals surface area contributed by atoms with Gasteiger partial charge in [-0.15, -0.1) is 13.2 Å². The molecule has 57 heavy (non-hydrogen) atoms. The van der Waals surface area contributed by atoms with Gasteiger partial charge in [0.2, 0.25) is 11.8 Å². The number of hydrogen-bond acceptors (Lipinski definition) is 8. The summed E-state index contributed by atoms with van der Waals surface area (Å²) in [5.74, 6) is -7.64. The Labute approximate surface area is 326 Å². The number of alkyl halides is 3. The first-order valence-corrected chi connectivity index (χ1v) is 19.0. The molecule has 4 aromatic rings. The van der Waals surface area contributed by atoms with Crippen molar-refractivity contribution in [3.05, 3.63) is 138 Å². The number of fused-ring (bicyclic) bond motifs is 4. The third-order valence-electron chi connectivity index (χ3n) is 12.4. The van der Waals surface area contributed by atoms with Crippen molar-refractivity contribution >= 4 is 40.3 Å². The Hall–Kier alpha value is -6.01. The number of benzene rings is 4. The molecule has 2 saturated heterocycles. The predicted molar refractivity (Wildman–Crippen MR) is 203 cm³/mol. The van der Waals surface area contributed by atoms with Crippen LogP contribution < -0.4 is 14.5 Å². The van der Waals surface area contributed by atoms with E-state index in [4.69, 9.17) is 4.74 Å². The zero-order valence-electron chi connectivity index (χ0n) is 30.5. The van der Waals surface area contributed by atoms with Crippen molar-refractivity contribution in [2.45, 2.75) is 30.5 Å². The van der Waals surface area contributed by atoms with Crippen LogP contribution in [0.15, 0.2) is 121 Å². The van der Waals surface area contributed by atoms with Gasteiger partial charge < -0.3 is 19.5 Å².